The van der Waals surface area contributed by atoms with Crippen molar-refractivity contribution in [3.63, 3.8) is 0 Å². The lowest BCUT2D eigenvalue weighted by molar-refractivity contribution is 0.263. The van der Waals surface area contributed by atoms with Crippen LogP contribution in [0.4, 0.5) is 0 Å². The lowest BCUT2D eigenvalue weighted by atomic mass is 9.95. The molecule has 0 amide bonds. The number of benzene rings is 1. The van der Waals surface area contributed by atoms with Gasteiger partial charge in [-0.3, -0.25) is 0 Å². The summed E-state index contributed by atoms with van der Waals surface area (Å²) in [5.41, 5.74) is 6.54. The van der Waals surface area contributed by atoms with Crippen LogP contribution in [0.2, 0.25) is 0 Å². The van der Waals surface area contributed by atoms with Crippen LogP contribution >= 0.6 is 15.9 Å². The highest BCUT2D eigenvalue weighted by Crippen LogP contribution is 2.23. The van der Waals surface area contributed by atoms with Gasteiger partial charge >= 0.3 is 0 Å². The standard InChI is InChI=1S/C11H13BrN2O/c1-11(7-15-10(13)14-11)6-8-2-4-9(12)5-3-8/h2-5H,6-7H2,1H3,(H2,13,14). The van der Waals surface area contributed by atoms with E-state index in [1.54, 1.807) is 0 Å². The molecule has 1 aliphatic heterocycles. The van der Waals surface area contributed by atoms with Gasteiger partial charge < -0.3 is 10.5 Å². The fourth-order valence-corrected chi connectivity index (χ4v) is 1.96. The second-order valence-corrected chi connectivity index (χ2v) is 4.95. The first-order valence-corrected chi connectivity index (χ1v) is 5.59. The van der Waals surface area contributed by atoms with Gasteiger partial charge in [0, 0.05) is 10.9 Å². The zero-order valence-electron chi connectivity index (χ0n) is 8.53. The molecule has 2 N–H and O–H groups in total. The van der Waals surface area contributed by atoms with Crippen LogP contribution in [0.25, 0.3) is 0 Å². The van der Waals surface area contributed by atoms with Gasteiger partial charge in [0.25, 0.3) is 6.02 Å². The number of hydrogen-bond acceptors (Lipinski definition) is 3. The number of rotatable bonds is 2. The van der Waals surface area contributed by atoms with Crippen molar-refractivity contribution in [2.75, 3.05) is 6.61 Å². The third-order valence-corrected chi connectivity index (χ3v) is 2.94. The van der Waals surface area contributed by atoms with Crippen LogP contribution in [-0.4, -0.2) is 18.2 Å². The van der Waals surface area contributed by atoms with E-state index < -0.39 is 0 Å². The Morgan fingerprint density at radius 1 is 1.47 bits per heavy atom. The molecule has 1 atom stereocenters. The second-order valence-electron chi connectivity index (χ2n) is 4.04. The van der Waals surface area contributed by atoms with E-state index in [-0.39, 0.29) is 5.54 Å². The molecular weight excluding hydrogens is 256 g/mol. The Labute approximate surface area is 97.5 Å². The van der Waals surface area contributed by atoms with Gasteiger partial charge in [-0.15, -0.1) is 0 Å². The topological polar surface area (TPSA) is 47.6 Å². The van der Waals surface area contributed by atoms with Crippen molar-refractivity contribution in [3.05, 3.63) is 34.3 Å². The minimum Gasteiger partial charge on any atom is -0.463 e. The molecule has 1 aromatic carbocycles. The first kappa shape index (κ1) is 10.5. The van der Waals surface area contributed by atoms with E-state index in [0.29, 0.717) is 12.6 Å². The molecule has 80 valence electrons. The van der Waals surface area contributed by atoms with Crippen LogP contribution in [0.5, 0.6) is 0 Å². The number of hydrogen-bond donors (Lipinski definition) is 1. The third-order valence-electron chi connectivity index (χ3n) is 2.41. The molecule has 3 nitrogen and oxygen atoms in total. The molecule has 0 saturated heterocycles. The van der Waals surface area contributed by atoms with Crippen LogP contribution < -0.4 is 5.73 Å². The number of aliphatic imine (C=N–C) groups is 1. The largest absolute Gasteiger partial charge is 0.463 e. The SMILES string of the molecule is CC1(Cc2ccc(Br)cc2)COC(N)=N1. The normalized spacial score (nSPS) is 24.8. The number of ether oxygens (including phenoxy) is 1. The van der Waals surface area contributed by atoms with Gasteiger partial charge in [0.2, 0.25) is 0 Å². The average molecular weight is 269 g/mol. The summed E-state index contributed by atoms with van der Waals surface area (Å²) in [5, 5.41) is 0. The molecule has 15 heavy (non-hydrogen) atoms. The molecule has 1 unspecified atom stereocenters. The summed E-state index contributed by atoms with van der Waals surface area (Å²) in [7, 11) is 0. The Morgan fingerprint density at radius 3 is 2.67 bits per heavy atom. The molecule has 4 heteroatoms. The van der Waals surface area contributed by atoms with Crippen molar-refractivity contribution < 1.29 is 4.74 Å². The number of nitrogens with zero attached hydrogens (tertiary/aromatic N) is 1. The van der Waals surface area contributed by atoms with Gasteiger partial charge in [0.05, 0.1) is 0 Å². The Hall–Kier alpha value is -1.03. The van der Waals surface area contributed by atoms with Crippen LogP contribution in [0.1, 0.15) is 12.5 Å². The molecule has 1 aliphatic rings. The van der Waals surface area contributed by atoms with E-state index in [4.69, 9.17) is 10.5 Å². The van der Waals surface area contributed by atoms with Gasteiger partial charge in [0.15, 0.2) is 0 Å². The second kappa shape index (κ2) is 3.85. The first-order valence-electron chi connectivity index (χ1n) is 4.80. The Morgan fingerprint density at radius 2 is 2.13 bits per heavy atom. The third kappa shape index (κ3) is 2.50. The van der Waals surface area contributed by atoms with Crippen molar-refractivity contribution in [2.45, 2.75) is 18.9 Å². The molecule has 1 heterocycles. The molecule has 0 aliphatic carbocycles. The molecule has 0 saturated carbocycles. The van der Waals surface area contributed by atoms with E-state index in [2.05, 4.69) is 40.0 Å². The van der Waals surface area contributed by atoms with Crippen LogP contribution in [0.15, 0.2) is 33.7 Å². The van der Waals surface area contributed by atoms with E-state index >= 15 is 0 Å². The summed E-state index contributed by atoms with van der Waals surface area (Å²) in [5.74, 6) is 0. The summed E-state index contributed by atoms with van der Waals surface area (Å²) < 4.78 is 6.27. The summed E-state index contributed by atoms with van der Waals surface area (Å²) in [6, 6.07) is 8.52. The van der Waals surface area contributed by atoms with Crippen LogP contribution in [-0.2, 0) is 11.2 Å². The van der Waals surface area contributed by atoms with E-state index in [9.17, 15) is 0 Å². The van der Waals surface area contributed by atoms with Gasteiger partial charge in [-0.25, -0.2) is 4.99 Å². The highest BCUT2D eigenvalue weighted by molar-refractivity contribution is 9.10. The van der Waals surface area contributed by atoms with Crippen molar-refractivity contribution in [1.29, 1.82) is 0 Å². The molecule has 0 aromatic heterocycles. The lowest BCUT2D eigenvalue weighted by Gasteiger charge is -2.17. The Kier molecular flexibility index (Phi) is 2.69. The Bertz CT molecular complexity index is 388. The van der Waals surface area contributed by atoms with Gasteiger partial charge in [-0.05, 0) is 24.6 Å². The maximum atomic E-state index is 5.51. The summed E-state index contributed by atoms with van der Waals surface area (Å²) in [6.07, 6.45) is 0.848. The minimum absolute atomic E-state index is 0.210. The molecule has 0 bridgehead atoms. The quantitative estimate of drug-likeness (QED) is 0.893. The zero-order valence-corrected chi connectivity index (χ0v) is 10.1. The number of nitrogens with two attached hydrogens (primary N) is 1. The van der Waals surface area contributed by atoms with Gasteiger partial charge in [-0.2, -0.15) is 0 Å². The summed E-state index contributed by atoms with van der Waals surface area (Å²) >= 11 is 3.41. The van der Waals surface area contributed by atoms with E-state index in [1.807, 2.05) is 12.1 Å². The highest BCUT2D eigenvalue weighted by Gasteiger charge is 2.30. The molecule has 0 radical (unpaired) electrons. The van der Waals surface area contributed by atoms with E-state index in [0.717, 1.165) is 10.9 Å². The van der Waals surface area contributed by atoms with Crippen molar-refractivity contribution >= 4 is 22.0 Å². The minimum atomic E-state index is -0.210. The molecule has 0 fully saturated rings. The van der Waals surface area contributed by atoms with Crippen LogP contribution in [0.3, 0.4) is 0 Å². The first-order chi connectivity index (χ1) is 7.07. The number of halogens is 1. The molecule has 0 spiro atoms. The van der Waals surface area contributed by atoms with Crippen molar-refractivity contribution in [3.8, 4) is 0 Å². The fourth-order valence-electron chi connectivity index (χ4n) is 1.69. The predicted octanol–water partition coefficient (Wildman–Crippen LogP) is 2.10. The van der Waals surface area contributed by atoms with Gasteiger partial charge in [-0.1, -0.05) is 28.1 Å². The zero-order chi connectivity index (χ0) is 10.9. The predicted molar refractivity (Wildman–Crippen MR) is 63.8 cm³/mol. The summed E-state index contributed by atoms with van der Waals surface area (Å²) in [4.78, 5) is 4.30. The lowest BCUT2D eigenvalue weighted by Crippen LogP contribution is -2.26. The van der Waals surface area contributed by atoms with Gasteiger partial charge in [0.1, 0.15) is 12.1 Å². The monoisotopic (exact) mass is 268 g/mol. The van der Waals surface area contributed by atoms with Crippen molar-refractivity contribution in [2.24, 2.45) is 10.7 Å². The van der Waals surface area contributed by atoms with Crippen molar-refractivity contribution in [1.82, 2.24) is 0 Å². The van der Waals surface area contributed by atoms with E-state index in [1.165, 1.54) is 5.56 Å². The number of amidine groups is 1. The maximum Gasteiger partial charge on any atom is 0.282 e. The molecule has 1 aromatic rings. The fraction of sp³-hybridized carbons (Fsp3) is 0.364. The highest BCUT2D eigenvalue weighted by atomic mass is 79.9. The van der Waals surface area contributed by atoms with Crippen LogP contribution in [0, 0.1) is 0 Å². The smallest absolute Gasteiger partial charge is 0.282 e. The maximum absolute atomic E-state index is 5.51. The molecular formula is C11H13BrN2O. The average Bonchev–Trinajstić information content (AvgIpc) is 2.50. The Balaban J connectivity index is 2.12. The molecule has 2 rings (SSSR count). The summed E-state index contributed by atoms with van der Waals surface area (Å²) in [6.45, 7) is 2.61.